The second kappa shape index (κ2) is 7.12. The lowest BCUT2D eigenvalue weighted by atomic mass is 9.93. The molecule has 7 nitrogen and oxygen atoms in total. The van der Waals surface area contributed by atoms with Gasteiger partial charge in [-0.2, -0.15) is 10.2 Å². The van der Waals surface area contributed by atoms with E-state index in [1.54, 1.807) is 16.8 Å². The van der Waals surface area contributed by atoms with E-state index in [9.17, 15) is 4.39 Å². The van der Waals surface area contributed by atoms with Crippen molar-refractivity contribution < 1.29 is 8.81 Å². The first-order valence-corrected chi connectivity index (χ1v) is 10.7. The molecule has 0 saturated heterocycles. The van der Waals surface area contributed by atoms with Gasteiger partial charge < -0.3 is 4.42 Å². The summed E-state index contributed by atoms with van der Waals surface area (Å²) < 4.78 is 23.4. The predicted molar refractivity (Wildman–Crippen MR) is 118 cm³/mol. The Kier molecular flexibility index (Phi) is 4.21. The molecule has 1 aromatic carbocycles. The van der Waals surface area contributed by atoms with Gasteiger partial charge in [0.15, 0.2) is 0 Å². The van der Waals surface area contributed by atoms with Crippen molar-refractivity contribution in [3.05, 3.63) is 60.6 Å². The first kappa shape index (κ1) is 18.9. The fraction of sp³-hybridized carbons (Fsp3) is 0.250. The highest BCUT2D eigenvalue weighted by Gasteiger charge is 2.25. The largest absolute Gasteiger partial charge is 0.437 e. The minimum absolute atomic E-state index is 0.274. The molecule has 0 bridgehead atoms. The summed E-state index contributed by atoms with van der Waals surface area (Å²) in [4.78, 5) is 8.96. The molecule has 0 spiro atoms. The van der Waals surface area contributed by atoms with Crippen molar-refractivity contribution in [2.45, 2.75) is 32.2 Å². The Bertz CT molecular complexity index is 1440. The molecule has 160 valence electrons. The SMILES string of the molecule is Cc1nn(C)cc1-c1cc2c(-c3cn(C4CCC4)nc3-c3ccc(F)cc3)ncnc2o1. The molecule has 6 rings (SSSR count). The Hall–Kier alpha value is -3.81. The van der Waals surface area contributed by atoms with Crippen LogP contribution in [0.5, 0.6) is 0 Å². The average Bonchev–Trinajstić information content (AvgIpc) is 3.43. The van der Waals surface area contributed by atoms with Crippen LogP contribution in [0.3, 0.4) is 0 Å². The van der Waals surface area contributed by atoms with E-state index in [1.165, 1.54) is 24.9 Å². The summed E-state index contributed by atoms with van der Waals surface area (Å²) in [5.41, 5.74) is 5.55. The topological polar surface area (TPSA) is 74.6 Å². The van der Waals surface area contributed by atoms with Crippen LogP contribution in [-0.2, 0) is 7.05 Å². The lowest BCUT2D eigenvalue weighted by Crippen LogP contribution is -2.17. The van der Waals surface area contributed by atoms with Crippen LogP contribution in [0.15, 0.2) is 53.5 Å². The highest BCUT2D eigenvalue weighted by atomic mass is 19.1. The highest BCUT2D eigenvalue weighted by Crippen LogP contribution is 2.39. The molecule has 0 aliphatic heterocycles. The van der Waals surface area contributed by atoms with Gasteiger partial charge in [0.25, 0.3) is 0 Å². The van der Waals surface area contributed by atoms with E-state index in [-0.39, 0.29) is 5.82 Å². The monoisotopic (exact) mass is 428 g/mol. The van der Waals surface area contributed by atoms with Crippen molar-refractivity contribution in [2.75, 3.05) is 0 Å². The number of aromatic nitrogens is 6. The Morgan fingerprint density at radius 1 is 1.00 bits per heavy atom. The van der Waals surface area contributed by atoms with Gasteiger partial charge in [0, 0.05) is 30.6 Å². The molecule has 32 heavy (non-hydrogen) atoms. The molecule has 4 heterocycles. The van der Waals surface area contributed by atoms with Crippen LogP contribution < -0.4 is 0 Å². The number of fused-ring (bicyclic) bond motifs is 1. The van der Waals surface area contributed by atoms with Gasteiger partial charge in [-0.25, -0.2) is 14.4 Å². The van der Waals surface area contributed by atoms with Gasteiger partial charge in [-0.3, -0.25) is 9.36 Å². The van der Waals surface area contributed by atoms with E-state index in [0.717, 1.165) is 52.0 Å². The smallest absolute Gasteiger partial charge is 0.230 e. The maximum absolute atomic E-state index is 13.6. The van der Waals surface area contributed by atoms with E-state index in [4.69, 9.17) is 9.52 Å². The molecule has 1 fully saturated rings. The van der Waals surface area contributed by atoms with Crippen molar-refractivity contribution in [1.29, 1.82) is 0 Å². The summed E-state index contributed by atoms with van der Waals surface area (Å²) >= 11 is 0. The summed E-state index contributed by atoms with van der Waals surface area (Å²) in [7, 11) is 1.88. The Morgan fingerprint density at radius 3 is 2.50 bits per heavy atom. The van der Waals surface area contributed by atoms with Crippen LogP contribution in [0.2, 0.25) is 0 Å². The fourth-order valence-electron chi connectivity index (χ4n) is 4.27. The number of hydrogen-bond acceptors (Lipinski definition) is 5. The molecular formula is C24H21FN6O. The quantitative estimate of drug-likeness (QED) is 0.387. The molecule has 1 aliphatic carbocycles. The minimum Gasteiger partial charge on any atom is -0.437 e. The van der Waals surface area contributed by atoms with E-state index in [2.05, 4.69) is 15.1 Å². The number of rotatable bonds is 4. The van der Waals surface area contributed by atoms with Gasteiger partial charge in [0.05, 0.1) is 28.4 Å². The van der Waals surface area contributed by atoms with Crippen molar-refractivity contribution in [2.24, 2.45) is 7.05 Å². The normalized spacial score (nSPS) is 14.2. The average molecular weight is 428 g/mol. The van der Waals surface area contributed by atoms with E-state index in [1.807, 2.05) is 37.1 Å². The van der Waals surface area contributed by atoms with E-state index < -0.39 is 0 Å². The second-order valence-corrected chi connectivity index (χ2v) is 8.32. The zero-order valence-corrected chi connectivity index (χ0v) is 17.8. The van der Waals surface area contributed by atoms with Crippen LogP contribution in [0.4, 0.5) is 4.39 Å². The van der Waals surface area contributed by atoms with Crippen molar-refractivity contribution in [3.63, 3.8) is 0 Å². The van der Waals surface area contributed by atoms with Crippen LogP contribution >= 0.6 is 0 Å². The molecule has 0 atom stereocenters. The Balaban J connectivity index is 1.54. The zero-order chi connectivity index (χ0) is 21.8. The lowest BCUT2D eigenvalue weighted by Gasteiger charge is -2.25. The third-order valence-electron chi connectivity index (χ3n) is 6.16. The molecule has 0 N–H and O–H groups in total. The fourth-order valence-corrected chi connectivity index (χ4v) is 4.27. The van der Waals surface area contributed by atoms with E-state index >= 15 is 0 Å². The van der Waals surface area contributed by atoms with Crippen molar-refractivity contribution in [3.8, 4) is 33.8 Å². The number of nitrogens with zero attached hydrogens (tertiary/aromatic N) is 6. The number of hydrogen-bond donors (Lipinski definition) is 0. The summed E-state index contributed by atoms with van der Waals surface area (Å²) in [5.74, 6) is 0.423. The van der Waals surface area contributed by atoms with Gasteiger partial charge in [0.2, 0.25) is 5.71 Å². The number of benzene rings is 1. The maximum Gasteiger partial charge on any atom is 0.230 e. The Morgan fingerprint density at radius 2 is 1.81 bits per heavy atom. The van der Waals surface area contributed by atoms with Crippen molar-refractivity contribution >= 4 is 11.1 Å². The molecule has 1 aliphatic rings. The van der Waals surface area contributed by atoms with Gasteiger partial charge in [-0.05, 0) is 56.5 Å². The third kappa shape index (κ3) is 3.02. The van der Waals surface area contributed by atoms with Gasteiger partial charge in [-0.1, -0.05) is 0 Å². The second-order valence-electron chi connectivity index (χ2n) is 8.32. The number of furan rings is 1. The lowest BCUT2D eigenvalue weighted by molar-refractivity contribution is 0.290. The molecule has 4 aromatic heterocycles. The summed E-state index contributed by atoms with van der Waals surface area (Å²) in [6.45, 7) is 1.95. The summed E-state index contributed by atoms with van der Waals surface area (Å²) in [6.07, 6.45) is 8.92. The maximum atomic E-state index is 13.6. The van der Waals surface area contributed by atoms with Gasteiger partial charge >= 0.3 is 0 Å². The van der Waals surface area contributed by atoms with E-state index in [0.29, 0.717) is 17.5 Å². The standard InChI is InChI=1S/C24H21FN6O/c1-14-19(11-30(2)28-14)21-10-18-23(26-13-27-24(18)32-21)20-12-31(17-4-3-5-17)29-22(20)15-6-8-16(25)9-7-15/h6-13,17H,3-5H2,1-2H3. The zero-order valence-electron chi connectivity index (χ0n) is 17.8. The van der Waals surface area contributed by atoms with Crippen LogP contribution in [0.1, 0.15) is 31.0 Å². The van der Waals surface area contributed by atoms with Crippen molar-refractivity contribution in [1.82, 2.24) is 29.5 Å². The Labute approximate surface area is 183 Å². The molecular weight excluding hydrogens is 407 g/mol. The molecule has 0 amide bonds. The molecule has 1 saturated carbocycles. The molecule has 0 radical (unpaired) electrons. The number of halogens is 1. The summed E-state index contributed by atoms with van der Waals surface area (Å²) in [5, 5.41) is 10.1. The summed E-state index contributed by atoms with van der Waals surface area (Å²) in [6, 6.07) is 8.77. The minimum atomic E-state index is -0.274. The predicted octanol–water partition coefficient (Wildman–Crippen LogP) is 5.33. The molecule has 0 unspecified atom stereocenters. The third-order valence-corrected chi connectivity index (χ3v) is 6.16. The number of aryl methyl sites for hydroxylation is 2. The first-order valence-electron chi connectivity index (χ1n) is 10.7. The highest BCUT2D eigenvalue weighted by molar-refractivity contribution is 5.96. The molecule has 8 heteroatoms. The van der Waals surface area contributed by atoms with Crippen LogP contribution in [-0.4, -0.2) is 29.5 Å². The van der Waals surface area contributed by atoms with Gasteiger partial charge in [0.1, 0.15) is 23.6 Å². The van der Waals surface area contributed by atoms with Crippen LogP contribution in [0, 0.1) is 12.7 Å². The van der Waals surface area contributed by atoms with Gasteiger partial charge in [-0.15, -0.1) is 0 Å². The van der Waals surface area contributed by atoms with Crippen LogP contribution in [0.25, 0.3) is 44.9 Å². The first-order chi connectivity index (χ1) is 15.6. The molecule has 5 aromatic rings.